The van der Waals surface area contributed by atoms with Crippen molar-refractivity contribution in [3.63, 3.8) is 0 Å². The highest BCUT2D eigenvalue weighted by atomic mass is 32.1. The van der Waals surface area contributed by atoms with Gasteiger partial charge in [0.25, 0.3) is 0 Å². The van der Waals surface area contributed by atoms with Gasteiger partial charge in [-0.15, -0.1) is 0 Å². The van der Waals surface area contributed by atoms with Crippen LogP contribution >= 0.6 is 11.3 Å². The van der Waals surface area contributed by atoms with Crippen molar-refractivity contribution in [3.05, 3.63) is 88.8 Å². The van der Waals surface area contributed by atoms with E-state index >= 15 is 0 Å². The van der Waals surface area contributed by atoms with Gasteiger partial charge in [-0.2, -0.15) is 5.10 Å². The Morgan fingerprint density at radius 3 is 2.42 bits per heavy atom. The molecule has 166 valence electrons. The SMILES string of the molecule is Cc1cc(C)c2oc(-c3ccc(C(C)(C)C)cc3)c/c(=N\Nc3nc4ccccc4s3)c2c1. The van der Waals surface area contributed by atoms with Crippen LogP contribution in [0.2, 0.25) is 0 Å². The Hall–Kier alpha value is -3.44. The minimum absolute atomic E-state index is 0.106. The fraction of sp³-hybridized carbons (Fsp3) is 0.214. The maximum absolute atomic E-state index is 6.40. The van der Waals surface area contributed by atoms with Gasteiger partial charge in [0.1, 0.15) is 11.3 Å². The molecule has 0 aliphatic heterocycles. The molecular formula is C28H27N3OS. The number of hydrogen-bond acceptors (Lipinski definition) is 5. The smallest absolute Gasteiger partial charge is 0.204 e. The van der Waals surface area contributed by atoms with Gasteiger partial charge in [-0.25, -0.2) is 4.98 Å². The summed E-state index contributed by atoms with van der Waals surface area (Å²) in [5.74, 6) is 0.791. The van der Waals surface area contributed by atoms with Crippen molar-refractivity contribution >= 4 is 37.7 Å². The van der Waals surface area contributed by atoms with Crippen LogP contribution in [0.3, 0.4) is 0 Å². The molecule has 0 saturated heterocycles. The first-order chi connectivity index (χ1) is 15.8. The molecule has 5 rings (SSSR count). The first-order valence-electron chi connectivity index (χ1n) is 11.1. The molecule has 0 fully saturated rings. The molecule has 0 amide bonds. The Morgan fingerprint density at radius 2 is 1.70 bits per heavy atom. The van der Waals surface area contributed by atoms with Crippen LogP contribution in [0.15, 0.2) is 76.2 Å². The van der Waals surface area contributed by atoms with Crippen LogP contribution in [0.1, 0.15) is 37.5 Å². The first-order valence-corrected chi connectivity index (χ1v) is 11.9. The van der Waals surface area contributed by atoms with Crippen LogP contribution < -0.4 is 10.8 Å². The van der Waals surface area contributed by atoms with Crippen molar-refractivity contribution < 1.29 is 4.42 Å². The molecule has 2 aromatic heterocycles. The van der Waals surface area contributed by atoms with E-state index in [0.29, 0.717) is 0 Å². The lowest BCUT2D eigenvalue weighted by Gasteiger charge is -2.19. The zero-order chi connectivity index (χ0) is 23.2. The molecule has 0 atom stereocenters. The molecule has 0 spiro atoms. The van der Waals surface area contributed by atoms with Crippen LogP contribution in [0, 0.1) is 13.8 Å². The second kappa shape index (κ2) is 8.16. The third-order valence-corrected chi connectivity index (χ3v) is 6.72. The fourth-order valence-corrected chi connectivity index (χ4v) is 4.83. The van der Waals surface area contributed by atoms with Gasteiger partial charge in [-0.05, 0) is 54.2 Å². The maximum Gasteiger partial charge on any atom is 0.204 e. The second-order valence-electron chi connectivity index (χ2n) is 9.49. The van der Waals surface area contributed by atoms with E-state index in [9.17, 15) is 0 Å². The Labute approximate surface area is 197 Å². The summed E-state index contributed by atoms with van der Waals surface area (Å²) in [4.78, 5) is 4.65. The monoisotopic (exact) mass is 453 g/mol. The van der Waals surface area contributed by atoms with Crippen LogP contribution in [-0.4, -0.2) is 4.98 Å². The molecule has 33 heavy (non-hydrogen) atoms. The number of anilines is 1. The van der Waals surface area contributed by atoms with E-state index in [1.165, 1.54) is 11.1 Å². The summed E-state index contributed by atoms with van der Waals surface area (Å²) in [6.45, 7) is 10.8. The average Bonchev–Trinajstić information content (AvgIpc) is 3.20. The maximum atomic E-state index is 6.40. The Kier molecular flexibility index (Phi) is 5.29. The molecular weight excluding hydrogens is 426 g/mol. The molecule has 0 aliphatic rings. The Bertz CT molecular complexity index is 1500. The largest absolute Gasteiger partial charge is 0.456 e. The van der Waals surface area contributed by atoms with E-state index < -0.39 is 0 Å². The summed E-state index contributed by atoms with van der Waals surface area (Å²) >= 11 is 1.59. The van der Waals surface area contributed by atoms with Crippen molar-refractivity contribution in [2.24, 2.45) is 5.10 Å². The van der Waals surface area contributed by atoms with E-state index in [4.69, 9.17) is 9.52 Å². The molecule has 2 heterocycles. The number of benzene rings is 3. The number of nitrogens with one attached hydrogen (secondary N) is 1. The summed E-state index contributed by atoms with van der Waals surface area (Å²) in [5.41, 5.74) is 9.70. The molecule has 5 aromatic rings. The predicted molar refractivity (Wildman–Crippen MR) is 139 cm³/mol. The number of nitrogens with zero attached hydrogens (tertiary/aromatic N) is 2. The summed E-state index contributed by atoms with van der Waals surface area (Å²) in [6.07, 6.45) is 0. The molecule has 0 saturated carbocycles. The molecule has 1 N–H and O–H groups in total. The average molecular weight is 454 g/mol. The molecule has 0 aliphatic carbocycles. The summed E-state index contributed by atoms with van der Waals surface area (Å²) in [6, 6.07) is 23.0. The minimum Gasteiger partial charge on any atom is -0.456 e. The van der Waals surface area contributed by atoms with Gasteiger partial charge < -0.3 is 4.42 Å². The van der Waals surface area contributed by atoms with E-state index in [1.807, 2.05) is 24.3 Å². The van der Waals surface area contributed by atoms with E-state index in [1.54, 1.807) is 11.3 Å². The molecule has 0 unspecified atom stereocenters. The predicted octanol–water partition coefficient (Wildman–Crippen LogP) is 7.55. The lowest BCUT2D eigenvalue weighted by Crippen LogP contribution is -2.10. The van der Waals surface area contributed by atoms with Crippen molar-refractivity contribution in [3.8, 4) is 11.3 Å². The topological polar surface area (TPSA) is 50.4 Å². The van der Waals surface area contributed by atoms with Gasteiger partial charge in [-0.1, -0.05) is 74.6 Å². The van der Waals surface area contributed by atoms with Crippen molar-refractivity contribution in [1.29, 1.82) is 0 Å². The van der Waals surface area contributed by atoms with Gasteiger partial charge >= 0.3 is 0 Å². The number of thiazole rings is 1. The Balaban J connectivity index is 1.64. The second-order valence-corrected chi connectivity index (χ2v) is 10.5. The molecule has 0 radical (unpaired) electrons. The highest BCUT2D eigenvalue weighted by molar-refractivity contribution is 7.22. The molecule has 3 aromatic carbocycles. The summed E-state index contributed by atoms with van der Waals surface area (Å²) in [5, 5.41) is 7.35. The number of fused-ring (bicyclic) bond motifs is 2. The van der Waals surface area contributed by atoms with Gasteiger partial charge in [0.2, 0.25) is 5.13 Å². The lowest BCUT2D eigenvalue weighted by atomic mass is 9.86. The molecule has 5 heteroatoms. The summed E-state index contributed by atoms with van der Waals surface area (Å²) < 4.78 is 7.53. The van der Waals surface area contributed by atoms with Gasteiger partial charge in [0.05, 0.1) is 15.6 Å². The number of para-hydroxylation sites is 1. The zero-order valence-corrected chi connectivity index (χ0v) is 20.4. The van der Waals surface area contributed by atoms with Gasteiger partial charge in [0.15, 0.2) is 0 Å². The standard InChI is InChI=1S/C28H27N3OS/c1-17-14-18(2)26-21(15-17)23(30-31-27-29-22-8-6-7-9-25(22)33-27)16-24(32-26)19-10-12-20(13-11-19)28(3,4)5/h6-16H,1-5H3,(H,29,31)/b30-23+. The number of rotatable bonds is 3. The third-order valence-electron chi connectivity index (χ3n) is 5.78. The van der Waals surface area contributed by atoms with E-state index in [0.717, 1.165) is 48.6 Å². The van der Waals surface area contributed by atoms with Crippen molar-refractivity contribution in [2.75, 3.05) is 5.43 Å². The third kappa shape index (κ3) is 4.29. The molecule has 0 bridgehead atoms. The minimum atomic E-state index is 0.106. The highest BCUT2D eigenvalue weighted by Crippen LogP contribution is 2.29. The van der Waals surface area contributed by atoms with E-state index in [2.05, 4.69) is 87.5 Å². The van der Waals surface area contributed by atoms with Gasteiger partial charge in [-0.3, -0.25) is 5.43 Å². The highest BCUT2D eigenvalue weighted by Gasteiger charge is 2.14. The van der Waals surface area contributed by atoms with Crippen LogP contribution in [-0.2, 0) is 5.41 Å². The zero-order valence-electron chi connectivity index (χ0n) is 19.6. The first kappa shape index (κ1) is 21.4. The lowest BCUT2D eigenvalue weighted by molar-refractivity contribution is 0.589. The van der Waals surface area contributed by atoms with Crippen molar-refractivity contribution in [1.82, 2.24) is 4.98 Å². The van der Waals surface area contributed by atoms with Crippen LogP contribution in [0.25, 0.3) is 32.5 Å². The number of hydrogen-bond donors (Lipinski definition) is 1. The number of aromatic nitrogens is 1. The van der Waals surface area contributed by atoms with Crippen molar-refractivity contribution in [2.45, 2.75) is 40.0 Å². The number of aryl methyl sites for hydroxylation is 2. The van der Waals surface area contributed by atoms with E-state index in [-0.39, 0.29) is 5.41 Å². The van der Waals surface area contributed by atoms with Crippen LogP contribution in [0.4, 0.5) is 5.13 Å². The van der Waals surface area contributed by atoms with Gasteiger partial charge in [0, 0.05) is 17.0 Å². The Morgan fingerprint density at radius 1 is 0.939 bits per heavy atom. The molecule has 4 nitrogen and oxygen atoms in total. The normalized spacial score (nSPS) is 12.6. The fourth-order valence-electron chi connectivity index (χ4n) is 4.02. The van der Waals surface area contributed by atoms with Crippen LogP contribution in [0.5, 0.6) is 0 Å². The summed E-state index contributed by atoms with van der Waals surface area (Å²) in [7, 11) is 0. The quantitative estimate of drug-likeness (QED) is 0.287.